The first-order valence-electron chi connectivity index (χ1n) is 7.61. The molecular formula is C17H20N2O3S. The van der Waals surface area contributed by atoms with Crippen LogP contribution in [0.5, 0.6) is 0 Å². The Bertz CT molecular complexity index is 659. The third-order valence-corrected chi connectivity index (χ3v) is 4.61. The van der Waals surface area contributed by atoms with Crippen molar-refractivity contribution >= 4 is 17.3 Å². The zero-order valence-electron chi connectivity index (χ0n) is 13.3. The maximum atomic E-state index is 11.7. The van der Waals surface area contributed by atoms with E-state index in [9.17, 15) is 4.79 Å². The zero-order chi connectivity index (χ0) is 16.2. The Balaban J connectivity index is 1.67. The Morgan fingerprint density at radius 3 is 2.91 bits per heavy atom. The first kappa shape index (κ1) is 16.1. The Morgan fingerprint density at radius 1 is 1.39 bits per heavy atom. The largest absolute Gasteiger partial charge is 0.467 e. The maximum Gasteiger partial charge on any atom is 0.336 e. The highest BCUT2D eigenvalue weighted by atomic mass is 32.1. The molecule has 1 saturated heterocycles. The summed E-state index contributed by atoms with van der Waals surface area (Å²) in [5.41, 5.74) is 2.12. The van der Waals surface area contributed by atoms with Gasteiger partial charge in [-0.15, -0.1) is 11.3 Å². The van der Waals surface area contributed by atoms with Crippen LogP contribution in [0.3, 0.4) is 0 Å². The van der Waals surface area contributed by atoms with Crippen molar-refractivity contribution in [1.82, 2.24) is 9.88 Å². The molecule has 0 N–H and O–H groups in total. The number of thiazole rings is 1. The average molecular weight is 332 g/mol. The van der Waals surface area contributed by atoms with Crippen molar-refractivity contribution in [3.05, 3.63) is 40.7 Å². The summed E-state index contributed by atoms with van der Waals surface area (Å²) in [4.78, 5) is 18.6. The van der Waals surface area contributed by atoms with Crippen LogP contribution in [0.15, 0.2) is 35.7 Å². The van der Waals surface area contributed by atoms with Gasteiger partial charge in [-0.25, -0.2) is 9.78 Å². The molecule has 0 spiro atoms. The molecule has 0 aliphatic carbocycles. The number of hydrogen-bond acceptors (Lipinski definition) is 6. The van der Waals surface area contributed by atoms with E-state index in [2.05, 4.69) is 22.4 Å². The predicted molar refractivity (Wildman–Crippen MR) is 89.2 cm³/mol. The van der Waals surface area contributed by atoms with Gasteiger partial charge < -0.3 is 9.47 Å². The van der Waals surface area contributed by atoms with Crippen molar-refractivity contribution in [2.24, 2.45) is 0 Å². The van der Waals surface area contributed by atoms with Gasteiger partial charge in [0.15, 0.2) is 6.10 Å². The van der Waals surface area contributed by atoms with Gasteiger partial charge in [-0.3, -0.25) is 4.90 Å². The molecule has 0 radical (unpaired) electrons. The van der Waals surface area contributed by atoms with E-state index >= 15 is 0 Å². The van der Waals surface area contributed by atoms with Crippen LogP contribution in [-0.2, 0) is 20.8 Å². The van der Waals surface area contributed by atoms with Gasteiger partial charge in [0.05, 0.1) is 25.5 Å². The predicted octanol–water partition coefficient (Wildman–Crippen LogP) is 2.57. The molecule has 2 aromatic rings. The third kappa shape index (κ3) is 3.96. The van der Waals surface area contributed by atoms with Crippen molar-refractivity contribution < 1.29 is 14.3 Å². The number of hydrogen-bond donors (Lipinski definition) is 0. The highest BCUT2D eigenvalue weighted by Gasteiger charge is 2.31. The molecule has 23 heavy (non-hydrogen) atoms. The normalized spacial score (nSPS) is 22.0. The van der Waals surface area contributed by atoms with Gasteiger partial charge in [-0.1, -0.05) is 30.3 Å². The van der Waals surface area contributed by atoms with Crippen LogP contribution in [0, 0.1) is 0 Å². The minimum absolute atomic E-state index is 0.00130. The maximum absolute atomic E-state index is 11.7. The Morgan fingerprint density at radius 2 is 2.17 bits per heavy atom. The molecule has 2 heterocycles. The molecule has 1 aromatic carbocycles. The Labute approximate surface area is 139 Å². The number of methoxy groups -OCH3 is 1. The van der Waals surface area contributed by atoms with Crippen LogP contribution in [0.2, 0.25) is 0 Å². The number of esters is 1. The number of benzene rings is 1. The van der Waals surface area contributed by atoms with Gasteiger partial charge in [0, 0.05) is 24.0 Å². The van der Waals surface area contributed by atoms with Gasteiger partial charge in [0.25, 0.3) is 0 Å². The quantitative estimate of drug-likeness (QED) is 0.806. The number of morpholine rings is 1. The second kappa shape index (κ2) is 7.21. The summed E-state index contributed by atoms with van der Waals surface area (Å²) in [6.07, 6.45) is -0.515. The molecule has 6 heteroatoms. The number of rotatable bonds is 4. The van der Waals surface area contributed by atoms with E-state index in [4.69, 9.17) is 14.5 Å². The van der Waals surface area contributed by atoms with Crippen LogP contribution in [0.4, 0.5) is 0 Å². The fourth-order valence-corrected chi connectivity index (χ4v) is 3.59. The van der Waals surface area contributed by atoms with E-state index < -0.39 is 6.10 Å². The number of nitrogens with zero attached hydrogens (tertiary/aromatic N) is 2. The fraction of sp³-hybridized carbons (Fsp3) is 0.412. The summed E-state index contributed by atoms with van der Waals surface area (Å²) in [6.45, 7) is 4.02. The van der Waals surface area contributed by atoms with E-state index in [1.807, 2.05) is 25.1 Å². The first-order valence-corrected chi connectivity index (χ1v) is 8.49. The summed E-state index contributed by atoms with van der Waals surface area (Å²) in [6, 6.07) is 10.1. The molecule has 5 nitrogen and oxygen atoms in total. The molecule has 1 aliphatic rings. The summed E-state index contributed by atoms with van der Waals surface area (Å²) in [5, 5.41) is 3.12. The van der Waals surface area contributed by atoms with Gasteiger partial charge in [-0.05, 0) is 6.92 Å². The second-order valence-corrected chi connectivity index (χ2v) is 6.59. The molecule has 1 fully saturated rings. The summed E-state index contributed by atoms with van der Waals surface area (Å²) >= 11 is 1.64. The van der Waals surface area contributed by atoms with Crippen LogP contribution >= 0.6 is 11.3 Å². The van der Waals surface area contributed by atoms with Crippen molar-refractivity contribution in [2.45, 2.75) is 25.7 Å². The van der Waals surface area contributed by atoms with E-state index in [0.717, 1.165) is 29.4 Å². The molecule has 2 atom stereocenters. The van der Waals surface area contributed by atoms with Crippen molar-refractivity contribution in [2.75, 3.05) is 20.2 Å². The van der Waals surface area contributed by atoms with Gasteiger partial charge >= 0.3 is 5.97 Å². The fourth-order valence-electron chi connectivity index (χ4n) is 2.75. The minimum atomic E-state index is -0.516. The van der Waals surface area contributed by atoms with Crippen molar-refractivity contribution in [3.63, 3.8) is 0 Å². The third-order valence-electron chi connectivity index (χ3n) is 3.78. The number of ether oxygens (including phenoxy) is 2. The van der Waals surface area contributed by atoms with Crippen LogP contribution in [0.1, 0.15) is 11.9 Å². The molecule has 0 saturated carbocycles. The molecule has 0 amide bonds. The van der Waals surface area contributed by atoms with Crippen LogP contribution < -0.4 is 0 Å². The van der Waals surface area contributed by atoms with Gasteiger partial charge in [0.1, 0.15) is 5.01 Å². The van der Waals surface area contributed by atoms with Crippen LogP contribution in [-0.4, -0.2) is 48.3 Å². The molecule has 122 valence electrons. The van der Waals surface area contributed by atoms with Crippen LogP contribution in [0.25, 0.3) is 11.3 Å². The van der Waals surface area contributed by atoms with Gasteiger partial charge in [-0.2, -0.15) is 0 Å². The van der Waals surface area contributed by atoms with E-state index in [-0.39, 0.29) is 12.1 Å². The SMILES string of the molecule is COC(=O)[C@@H]1CN(Cc2nc(-c3ccccc3)cs2)C[C@@H](C)O1. The molecule has 1 aliphatic heterocycles. The zero-order valence-corrected chi connectivity index (χ0v) is 14.1. The summed E-state index contributed by atoms with van der Waals surface area (Å²) in [5.74, 6) is -0.314. The number of carbonyl (C=O) groups excluding carboxylic acids is 1. The molecule has 3 rings (SSSR count). The van der Waals surface area contributed by atoms with Gasteiger partial charge in [0.2, 0.25) is 0 Å². The Kier molecular flexibility index (Phi) is 5.05. The standard InChI is InChI=1S/C17H20N2O3S/c1-12-8-19(9-15(22-12)17(20)21-2)10-16-18-14(11-23-16)13-6-4-3-5-7-13/h3-7,11-12,15H,8-10H2,1-2H3/t12-,15+/m1/s1. The van der Waals surface area contributed by atoms with Crippen molar-refractivity contribution in [3.8, 4) is 11.3 Å². The minimum Gasteiger partial charge on any atom is -0.467 e. The lowest BCUT2D eigenvalue weighted by Crippen LogP contribution is -2.49. The summed E-state index contributed by atoms with van der Waals surface area (Å²) in [7, 11) is 1.39. The highest BCUT2D eigenvalue weighted by molar-refractivity contribution is 7.09. The molecule has 0 bridgehead atoms. The Hall–Kier alpha value is -1.76. The van der Waals surface area contributed by atoms with E-state index in [1.165, 1.54) is 7.11 Å². The number of carbonyl (C=O) groups is 1. The lowest BCUT2D eigenvalue weighted by Gasteiger charge is -2.34. The lowest BCUT2D eigenvalue weighted by atomic mass is 10.2. The average Bonchev–Trinajstić information content (AvgIpc) is 3.03. The first-order chi connectivity index (χ1) is 11.2. The second-order valence-electron chi connectivity index (χ2n) is 5.65. The number of aromatic nitrogens is 1. The topological polar surface area (TPSA) is 51.7 Å². The summed E-state index contributed by atoms with van der Waals surface area (Å²) < 4.78 is 10.4. The van der Waals surface area contributed by atoms with E-state index in [0.29, 0.717) is 6.54 Å². The molecular weight excluding hydrogens is 312 g/mol. The van der Waals surface area contributed by atoms with Crippen molar-refractivity contribution in [1.29, 1.82) is 0 Å². The van der Waals surface area contributed by atoms with E-state index in [1.54, 1.807) is 11.3 Å². The molecule has 0 unspecified atom stereocenters. The lowest BCUT2D eigenvalue weighted by molar-refractivity contribution is -0.166. The monoisotopic (exact) mass is 332 g/mol. The molecule has 1 aromatic heterocycles. The smallest absolute Gasteiger partial charge is 0.336 e. The highest BCUT2D eigenvalue weighted by Crippen LogP contribution is 2.23.